The summed E-state index contributed by atoms with van der Waals surface area (Å²) in [6, 6.07) is 2.90. The zero-order chi connectivity index (χ0) is 13.8. The Labute approximate surface area is 120 Å². The number of methoxy groups -OCH3 is 2. The Kier molecular flexibility index (Phi) is 5.39. The third-order valence-electron chi connectivity index (χ3n) is 3.83. The molecule has 0 amide bonds. The van der Waals surface area contributed by atoms with Gasteiger partial charge in [-0.25, -0.2) is 0 Å². The molecular weight excluding hydrogens is 258 g/mol. The van der Waals surface area contributed by atoms with Gasteiger partial charge in [0.2, 0.25) is 0 Å². The summed E-state index contributed by atoms with van der Waals surface area (Å²) in [5.41, 5.74) is 1.57. The molecule has 19 heavy (non-hydrogen) atoms. The minimum absolute atomic E-state index is 0.170. The van der Waals surface area contributed by atoms with Crippen LogP contribution < -0.4 is 5.32 Å². The molecule has 0 aromatic carbocycles. The molecule has 0 spiro atoms. The molecule has 0 fully saturated rings. The second-order valence-electron chi connectivity index (χ2n) is 5.32. The van der Waals surface area contributed by atoms with Gasteiger partial charge < -0.3 is 14.8 Å². The first kappa shape index (κ1) is 15.0. The highest BCUT2D eigenvalue weighted by molar-refractivity contribution is 7.12. The summed E-state index contributed by atoms with van der Waals surface area (Å²) in [4.78, 5) is 3.03. The SMILES string of the molecule is COC(OC)C(C)NC(C)c1cc2c(s1)CCCC2. The van der Waals surface area contributed by atoms with E-state index in [0.29, 0.717) is 6.04 Å². The predicted octanol–water partition coefficient (Wildman–Crippen LogP) is 3.28. The van der Waals surface area contributed by atoms with E-state index in [9.17, 15) is 0 Å². The number of aryl methyl sites for hydroxylation is 2. The van der Waals surface area contributed by atoms with Crippen molar-refractivity contribution < 1.29 is 9.47 Å². The average molecular weight is 283 g/mol. The van der Waals surface area contributed by atoms with Crippen molar-refractivity contribution in [2.45, 2.75) is 57.9 Å². The normalized spacial score (nSPS) is 18.4. The van der Waals surface area contributed by atoms with Gasteiger partial charge >= 0.3 is 0 Å². The Morgan fingerprint density at radius 3 is 2.47 bits per heavy atom. The van der Waals surface area contributed by atoms with Crippen LogP contribution in [0.25, 0.3) is 0 Å². The van der Waals surface area contributed by atoms with Crippen LogP contribution in [0.2, 0.25) is 0 Å². The third kappa shape index (κ3) is 3.57. The Morgan fingerprint density at radius 1 is 1.16 bits per heavy atom. The summed E-state index contributed by atoms with van der Waals surface area (Å²) in [6.07, 6.45) is 5.02. The van der Waals surface area contributed by atoms with Crippen LogP contribution >= 0.6 is 11.3 Å². The number of ether oxygens (including phenoxy) is 2. The highest BCUT2D eigenvalue weighted by Crippen LogP contribution is 2.33. The van der Waals surface area contributed by atoms with Gasteiger partial charge in [0.1, 0.15) is 0 Å². The van der Waals surface area contributed by atoms with Gasteiger partial charge in [-0.05, 0) is 51.2 Å². The molecule has 0 radical (unpaired) electrons. The van der Waals surface area contributed by atoms with Crippen LogP contribution in [-0.4, -0.2) is 26.6 Å². The highest BCUT2D eigenvalue weighted by Gasteiger charge is 2.21. The molecule has 2 unspecified atom stereocenters. The Hall–Kier alpha value is -0.420. The molecule has 1 aromatic rings. The van der Waals surface area contributed by atoms with Crippen molar-refractivity contribution in [2.75, 3.05) is 14.2 Å². The zero-order valence-corrected chi connectivity index (χ0v) is 13.2. The fraction of sp³-hybridized carbons (Fsp3) is 0.733. The maximum absolute atomic E-state index is 5.30. The van der Waals surface area contributed by atoms with E-state index in [0.717, 1.165) is 0 Å². The Morgan fingerprint density at radius 2 is 1.84 bits per heavy atom. The average Bonchev–Trinajstić information content (AvgIpc) is 2.84. The zero-order valence-electron chi connectivity index (χ0n) is 12.4. The minimum Gasteiger partial charge on any atom is -0.354 e. The molecule has 0 bridgehead atoms. The van der Waals surface area contributed by atoms with E-state index in [1.165, 1.54) is 30.6 Å². The molecule has 2 rings (SSSR count). The van der Waals surface area contributed by atoms with Crippen molar-refractivity contribution in [1.82, 2.24) is 5.32 Å². The lowest BCUT2D eigenvalue weighted by Crippen LogP contribution is -2.40. The van der Waals surface area contributed by atoms with Gasteiger partial charge in [-0.3, -0.25) is 0 Å². The number of thiophene rings is 1. The number of hydrogen-bond donors (Lipinski definition) is 1. The van der Waals surface area contributed by atoms with Crippen molar-refractivity contribution in [3.63, 3.8) is 0 Å². The highest BCUT2D eigenvalue weighted by atomic mass is 32.1. The van der Waals surface area contributed by atoms with E-state index in [-0.39, 0.29) is 12.3 Å². The molecule has 1 N–H and O–H groups in total. The molecule has 0 saturated heterocycles. The third-order valence-corrected chi connectivity index (χ3v) is 5.25. The van der Waals surface area contributed by atoms with Crippen molar-refractivity contribution in [3.8, 4) is 0 Å². The Bertz CT molecular complexity index is 377. The van der Waals surface area contributed by atoms with Crippen molar-refractivity contribution >= 4 is 11.3 Å². The smallest absolute Gasteiger partial charge is 0.171 e. The fourth-order valence-electron chi connectivity index (χ4n) is 2.79. The monoisotopic (exact) mass is 283 g/mol. The number of fused-ring (bicyclic) bond motifs is 1. The van der Waals surface area contributed by atoms with E-state index in [1.807, 2.05) is 11.3 Å². The molecule has 3 nitrogen and oxygen atoms in total. The maximum atomic E-state index is 5.30. The van der Waals surface area contributed by atoms with E-state index < -0.39 is 0 Å². The van der Waals surface area contributed by atoms with E-state index in [1.54, 1.807) is 24.7 Å². The molecular formula is C15H25NO2S. The minimum atomic E-state index is -0.197. The van der Waals surface area contributed by atoms with Crippen LogP contribution in [-0.2, 0) is 22.3 Å². The second kappa shape index (κ2) is 6.84. The van der Waals surface area contributed by atoms with Gasteiger partial charge in [0.25, 0.3) is 0 Å². The maximum Gasteiger partial charge on any atom is 0.171 e. The number of hydrogen-bond acceptors (Lipinski definition) is 4. The van der Waals surface area contributed by atoms with Crippen molar-refractivity contribution in [3.05, 3.63) is 21.4 Å². The van der Waals surface area contributed by atoms with E-state index in [2.05, 4.69) is 25.2 Å². The molecule has 1 aliphatic carbocycles. The lowest BCUT2D eigenvalue weighted by Gasteiger charge is -2.25. The molecule has 2 atom stereocenters. The van der Waals surface area contributed by atoms with Gasteiger partial charge in [0, 0.05) is 30.0 Å². The standard InChI is InChI=1S/C15H25NO2S/c1-10(16-11(2)15(17-3)18-4)14-9-12-7-5-6-8-13(12)19-14/h9-11,15-16H,5-8H2,1-4H3. The molecule has 108 valence electrons. The quantitative estimate of drug-likeness (QED) is 0.813. The summed E-state index contributed by atoms with van der Waals surface area (Å²) in [6.45, 7) is 4.32. The largest absolute Gasteiger partial charge is 0.354 e. The van der Waals surface area contributed by atoms with Gasteiger partial charge in [-0.15, -0.1) is 11.3 Å². The Balaban J connectivity index is 1.99. The van der Waals surface area contributed by atoms with Gasteiger partial charge in [0.15, 0.2) is 6.29 Å². The second-order valence-corrected chi connectivity index (χ2v) is 6.49. The van der Waals surface area contributed by atoms with Crippen LogP contribution in [0.4, 0.5) is 0 Å². The first-order chi connectivity index (χ1) is 9.15. The molecule has 0 saturated carbocycles. The van der Waals surface area contributed by atoms with Crippen LogP contribution in [0.5, 0.6) is 0 Å². The summed E-state index contributed by atoms with van der Waals surface area (Å²) in [5.74, 6) is 0. The van der Waals surface area contributed by atoms with Crippen LogP contribution in [0.15, 0.2) is 6.07 Å². The topological polar surface area (TPSA) is 30.5 Å². The van der Waals surface area contributed by atoms with Crippen LogP contribution in [0.3, 0.4) is 0 Å². The molecule has 4 heteroatoms. The van der Waals surface area contributed by atoms with Crippen LogP contribution in [0, 0.1) is 0 Å². The molecule has 1 aromatic heterocycles. The first-order valence-corrected chi connectivity index (χ1v) is 7.90. The van der Waals surface area contributed by atoms with Crippen molar-refractivity contribution in [1.29, 1.82) is 0 Å². The lowest BCUT2D eigenvalue weighted by molar-refractivity contribution is -0.120. The van der Waals surface area contributed by atoms with Gasteiger partial charge in [-0.1, -0.05) is 0 Å². The molecule has 1 aliphatic rings. The first-order valence-electron chi connectivity index (χ1n) is 7.08. The summed E-state index contributed by atoms with van der Waals surface area (Å²) < 4.78 is 10.6. The summed E-state index contributed by atoms with van der Waals surface area (Å²) in [7, 11) is 3.36. The lowest BCUT2D eigenvalue weighted by atomic mass is 9.99. The molecule has 1 heterocycles. The number of rotatable bonds is 6. The van der Waals surface area contributed by atoms with Crippen LogP contribution in [0.1, 0.15) is 48.0 Å². The van der Waals surface area contributed by atoms with E-state index in [4.69, 9.17) is 9.47 Å². The predicted molar refractivity (Wildman–Crippen MR) is 79.8 cm³/mol. The summed E-state index contributed by atoms with van der Waals surface area (Å²) >= 11 is 1.97. The van der Waals surface area contributed by atoms with Gasteiger partial charge in [0.05, 0.1) is 6.04 Å². The number of nitrogens with one attached hydrogen (secondary N) is 1. The van der Waals surface area contributed by atoms with E-state index >= 15 is 0 Å². The fourth-order valence-corrected chi connectivity index (χ4v) is 4.06. The van der Waals surface area contributed by atoms with Crippen molar-refractivity contribution in [2.24, 2.45) is 0 Å². The van der Waals surface area contributed by atoms with Gasteiger partial charge in [-0.2, -0.15) is 0 Å². The summed E-state index contributed by atoms with van der Waals surface area (Å²) in [5, 5.41) is 3.57. The molecule has 0 aliphatic heterocycles.